The van der Waals surface area contributed by atoms with Crippen LogP contribution in [0.4, 0.5) is 10.8 Å². The summed E-state index contributed by atoms with van der Waals surface area (Å²) in [5.74, 6) is 1.24. The summed E-state index contributed by atoms with van der Waals surface area (Å²) in [5, 5.41) is 6.64. The van der Waals surface area contributed by atoms with Crippen LogP contribution < -0.4 is 15.4 Å². The maximum atomic E-state index is 12.7. The number of methoxy groups -OCH3 is 1. The Morgan fingerprint density at radius 1 is 1.12 bits per heavy atom. The van der Waals surface area contributed by atoms with Crippen LogP contribution in [0.5, 0.6) is 5.75 Å². The molecule has 1 heterocycles. The molecule has 10 heteroatoms. The van der Waals surface area contributed by atoms with E-state index in [1.807, 2.05) is 38.1 Å². The number of hydrogen-bond donors (Lipinski definition) is 2. The smallest absolute Gasteiger partial charge is 0.255 e. The minimum absolute atomic E-state index is 0.116. The number of anilines is 2. The summed E-state index contributed by atoms with van der Waals surface area (Å²) < 4.78 is 9.35. The van der Waals surface area contributed by atoms with Gasteiger partial charge in [0, 0.05) is 27.7 Å². The monoisotopic (exact) mass is 488 g/mol. The normalized spacial score (nSPS) is 11.6. The lowest BCUT2D eigenvalue weighted by Crippen LogP contribution is -2.24. The second kappa shape index (κ2) is 11.9. The lowest BCUT2D eigenvalue weighted by molar-refractivity contribution is -0.115. The van der Waals surface area contributed by atoms with E-state index in [9.17, 15) is 9.59 Å². The second-order valence-corrected chi connectivity index (χ2v) is 9.79. The minimum Gasteiger partial charge on any atom is -0.497 e. The largest absolute Gasteiger partial charge is 0.497 e. The van der Waals surface area contributed by atoms with Gasteiger partial charge in [-0.15, -0.1) is 11.8 Å². The zero-order valence-electron chi connectivity index (χ0n) is 18.0. The van der Waals surface area contributed by atoms with E-state index in [-0.39, 0.29) is 17.1 Å². The molecule has 0 saturated heterocycles. The van der Waals surface area contributed by atoms with E-state index >= 15 is 0 Å². The van der Waals surface area contributed by atoms with Gasteiger partial charge in [0.25, 0.3) is 5.91 Å². The average Bonchev–Trinajstić information content (AvgIpc) is 3.24. The first-order valence-electron chi connectivity index (χ1n) is 10.0. The third-order valence-corrected chi connectivity index (χ3v) is 7.13. The topological polar surface area (TPSA) is 93.2 Å². The molecule has 0 saturated carbocycles. The van der Waals surface area contributed by atoms with Gasteiger partial charge in [0.2, 0.25) is 16.2 Å². The summed E-state index contributed by atoms with van der Waals surface area (Å²) in [6, 6.07) is 14.4. The highest BCUT2D eigenvalue weighted by Gasteiger charge is 2.20. The van der Waals surface area contributed by atoms with Crippen molar-refractivity contribution in [3.8, 4) is 5.75 Å². The predicted molar refractivity (Wildman–Crippen MR) is 132 cm³/mol. The lowest BCUT2D eigenvalue weighted by atomic mass is 10.2. The van der Waals surface area contributed by atoms with Gasteiger partial charge in [-0.1, -0.05) is 31.7 Å². The van der Waals surface area contributed by atoms with Gasteiger partial charge >= 0.3 is 0 Å². The van der Waals surface area contributed by atoms with E-state index in [2.05, 4.69) is 20.0 Å². The van der Waals surface area contributed by atoms with Crippen molar-refractivity contribution in [1.29, 1.82) is 0 Å². The third kappa shape index (κ3) is 6.72. The van der Waals surface area contributed by atoms with Gasteiger partial charge in [-0.2, -0.15) is 9.36 Å². The van der Waals surface area contributed by atoms with E-state index in [4.69, 9.17) is 4.74 Å². The lowest BCUT2D eigenvalue weighted by Gasteiger charge is -2.14. The molecule has 32 heavy (non-hydrogen) atoms. The summed E-state index contributed by atoms with van der Waals surface area (Å²) in [5.41, 5.74) is 1.20. The first-order valence-corrected chi connectivity index (χ1v) is 12.7. The number of thioether (sulfide) groups is 2. The quantitative estimate of drug-likeness (QED) is 0.368. The number of aromatic nitrogens is 2. The molecule has 168 valence electrons. The summed E-state index contributed by atoms with van der Waals surface area (Å²) in [6.45, 7) is 3.99. The van der Waals surface area contributed by atoms with Crippen LogP contribution in [0, 0.1) is 0 Å². The van der Waals surface area contributed by atoms with Crippen LogP contribution >= 0.6 is 35.1 Å². The predicted octanol–water partition coefficient (Wildman–Crippen LogP) is 5.42. The highest BCUT2D eigenvalue weighted by Crippen LogP contribution is 2.29. The third-order valence-electron chi connectivity index (χ3n) is 4.30. The van der Waals surface area contributed by atoms with Gasteiger partial charge in [0.05, 0.1) is 12.4 Å². The summed E-state index contributed by atoms with van der Waals surface area (Å²) in [6.07, 6.45) is 0.647. The maximum Gasteiger partial charge on any atom is 0.255 e. The molecule has 7 nitrogen and oxygen atoms in total. The summed E-state index contributed by atoms with van der Waals surface area (Å²) >= 11 is 4.17. The zero-order chi connectivity index (χ0) is 22.9. The second-order valence-electron chi connectivity index (χ2n) is 6.53. The number of carbonyl (C=O) groups is 2. The molecular formula is C22H24N4O3S3. The zero-order valence-corrected chi connectivity index (χ0v) is 20.4. The standard InChI is InChI=1S/C22H24N4O3S3/c1-4-18(20(28)24-21-25-22(26-32-21)30-5-2)31-17-8-6-7-15(13-17)23-19(27)14-9-11-16(29-3)12-10-14/h6-13,18H,4-5H2,1-3H3,(H,23,27)(H,24,25,26,28). The van der Waals surface area contributed by atoms with Crippen molar-refractivity contribution < 1.29 is 14.3 Å². The van der Waals surface area contributed by atoms with Crippen molar-refractivity contribution >= 4 is 57.7 Å². The molecule has 1 aromatic heterocycles. The molecule has 0 fully saturated rings. The van der Waals surface area contributed by atoms with Crippen LogP contribution in [0.25, 0.3) is 0 Å². The van der Waals surface area contributed by atoms with Crippen molar-refractivity contribution in [3.05, 3.63) is 54.1 Å². The highest BCUT2D eigenvalue weighted by molar-refractivity contribution is 8.00. The van der Waals surface area contributed by atoms with Gasteiger partial charge in [0.15, 0.2) is 0 Å². The van der Waals surface area contributed by atoms with E-state index in [0.717, 1.165) is 10.6 Å². The fraction of sp³-hybridized carbons (Fsp3) is 0.273. The Balaban J connectivity index is 1.62. The molecule has 0 bridgehead atoms. The summed E-state index contributed by atoms with van der Waals surface area (Å²) in [4.78, 5) is 30.5. The molecule has 3 aromatic rings. The minimum atomic E-state index is -0.297. The Hall–Kier alpha value is -2.56. The first-order chi connectivity index (χ1) is 15.5. The van der Waals surface area contributed by atoms with Crippen LogP contribution in [-0.2, 0) is 4.79 Å². The number of rotatable bonds is 10. The van der Waals surface area contributed by atoms with Crippen molar-refractivity contribution in [2.24, 2.45) is 0 Å². The number of benzene rings is 2. The van der Waals surface area contributed by atoms with Gasteiger partial charge in [-0.25, -0.2) is 0 Å². The van der Waals surface area contributed by atoms with Crippen LogP contribution in [-0.4, -0.2) is 39.3 Å². The summed E-state index contributed by atoms with van der Waals surface area (Å²) in [7, 11) is 1.58. The van der Waals surface area contributed by atoms with Crippen LogP contribution in [0.3, 0.4) is 0 Å². The molecule has 0 spiro atoms. The number of nitrogens with one attached hydrogen (secondary N) is 2. The van der Waals surface area contributed by atoms with Crippen LogP contribution in [0.2, 0.25) is 0 Å². The van der Waals surface area contributed by atoms with Crippen molar-refractivity contribution in [3.63, 3.8) is 0 Å². The Kier molecular flexibility index (Phi) is 8.95. The van der Waals surface area contributed by atoms with Gasteiger partial charge in [-0.3, -0.25) is 14.9 Å². The van der Waals surface area contributed by atoms with E-state index in [0.29, 0.717) is 33.7 Å². The molecule has 1 atom stereocenters. The molecule has 0 aliphatic heterocycles. The fourth-order valence-corrected chi connectivity index (χ4v) is 5.00. The van der Waals surface area contributed by atoms with Gasteiger partial charge in [0.1, 0.15) is 5.75 Å². The Labute approximate surface area is 199 Å². The van der Waals surface area contributed by atoms with E-state index < -0.39 is 0 Å². The van der Waals surface area contributed by atoms with Crippen LogP contribution in [0.15, 0.2) is 58.6 Å². The Morgan fingerprint density at radius 3 is 2.59 bits per heavy atom. The van der Waals surface area contributed by atoms with Crippen molar-refractivity contribution in [2.75, 3.05) is 23.5 Å². The maximum absolute atomic E-state index is 12.7. The molecule has 3 rings (SSSR count). The van der Waals surface area contributed by atoms with E-state index in [1.165, 1.54) is 35.1 Å². The Morgan fingerprint density at radius 2 is 1.91 bits per heavy atom. The first kappa shape index (κ1) is 24.1. The Bertz CT molecular complexity index is 1060. The molecule has 2 N–H and O–H groups in total. The number of carbonyl (C=O) groups excluding carboxylic acids is 2. The van der Waals surface area contributed by atoms with Crippen molar-refractivity contribution in [1.82, 2.24) is 9.36 Å². The van der Waals surface area contributed by atoms with Crippen molar-refractivity contribution in [2.45, 2.75) is 35.6 Å². The van der Waals surface area contributed by atoms with E-state index in [1.54, 1.807) is 31.4 Å². The average molecular weight is 489 g/mol. The number of ether oxygens (including phenoxy) is 1. The van der Waals surface area contributed by atoms with Crippen LogP contribution in [0.1, 0.15) is 30.6 Å². The fourth-order valence-electron chi connectivity index (χ4n) is 2.71. The molecule has 0 radical (unpaired) electrons. The molecule has 0 aliphatic carbocycles. The number of hydrogen-bond acceptors (Lipinski definition) is 8. The number of nitrogens with zero attached hydrogens (tertiary/aromatic N) is 2. The van der Waals surface area contributed by atoms with Gasteiger partial charge < -0.3 is 10.1 Å². The molecule has 0 aliphatic rings. The number of amides is 2. The molecule has 1 unspecified atom stereocenters. The molecule has 2 amide bonds. The highest BCUT2D eigenvalue weighted by atomic mass is 32.2. The van der Waals surface area contributed by atoms with Gasteiger partial charge in [-0.05, 0) is 54.6 Å². The SMILES string of the molecule is CCSc1nsc(NC(=O)C(CC)Sc2cccc(NC(=O)c3ccc(OC)cc3)c2)n1. The molecule has 2 aromatic carbocycles. The molecular weight excluding hydrogens is 464 g/mol.